The number of furan rings is 1. The molecular formula is C13H11BrN2O4. The maximum absolute atomic E-state index is 11.6. The second-order valence-electron chi connectivity index (χ2n) is 3.89. The first-order chi connectivity index (χ1) is 9.54. The summed E-state index contributed by atoms with van der Waals surface area (Å²) in [5, 5.41) is 13.9. The summed E-state index contributed by atoms with van der Waals surface area (Å²) in [4.78, 5) is 22.2. The fourth-order valence-corrected chi connectivity index (χ4v) is 1.73. The molecular weight excluding hydrogens is 328 g/mol. The SMILES string of the molecule is O=C(NCc1ccc(C(=O)O)o1)Nc1ccc(Br)cc1. The Morgan fingerprint density at radius 3 is 2.45 bits per heavy atom. The lowest BCUT2D eigenvalue weighted by atomic mass is 10.3. The van der Waals surface area contributed by atoms with Gasteiger partial charge in [-0.25, -0.2) is 9.59 Å². The van der Waals surface area contributed by atoms with E-state index in [-0.39, 0.29) is 12.3 Å². The number of nitrogens with one attached hydrogen (secondary N) is 2. The van der Waals surface area contributed by atoms with E-state index in [0.29, 0.717) is 11.4 Å². The lowest BCUT2D eigenvalue weighted by Gasteiger charge is -2.06. The number of carbonyl (C=O) groups excluding carboxylic acids is 1. The number of anilines is 1. The van der Waals surface area contributed by atoms with Gasteiger partial charge in [0.1, 0.15) is 5.76 Å². The summed E-state index contributed by atoms with van der Waals surface area (Å²) >= 11 is 3.30. The van der Waals surface area contributed by atoms with E-state index < -0.39 is 12.0 Å². The summed E-state index contributed by atoms with van der Waals surface area (Å²) in [5.74, 6) is -0.931. The van der Waals surface area contributed by atoms with Gasteiger partial charge < -0.3 is 20.2 Å². The molecule has 0 saturated heterocycles. The number of urea groups is 1. The highest BCUT2D eigenvalue weighted by molar-refractivity contribution is 9.10. The molecule has 0 aliphatic heterocycles. The molecule has 104 valence electrons. The topological polar surface area (TPSA) is 91.6 Å². The van der Waals surface area contributed by atoms with Gasteiger partial charge >= 0.3 is 12.0 Å². The van der Waals surface area contributed by atoms with Crippen molar-refractivity contribution in [2.45, 2.75) is 6.54 Å². The number of carboxylic acids is 1. The van der Waals surface area contributed by atoms with Crippen molar-refractivity contribution in [2.75, 3.05) is 5.32 Å². The highest BCUT2D eigenvalue weighted by atomic mass is 79.9. The average molecular weight is 339 g/mol. The molecule has 2 aromatic rings. The molecule has 2 rings (SSSR count). The number of hydrogen-bond acceptors (Lipinski definition) is 3. The van der Waals surface area contributed by atoms with Gasteiger partial charge in [-0.1, -0.05) is 15.9 Å². The minimum absolute atomic E-state index is 0.107. The zero-order chi connectivity index (χ0) is 14.5. The Morgan fingerprint density at radius 2 is 1.85 bits per heavy atom. The van der Waals surface area contributed by atoms with E-state index >= 15 is 0 Å². The van der Waals surface area contributed by atoms with Crippen LogP contribution in [0.3, 0.4) is 0 Å². The van der Waals surface area contributed by atoms with Crippen molar-refractivity contribution in [3.63, 3.8) is 0 Å². The molecule has 0 spiro atoms. The minimum atomic E-state index is -1.14. The van der Waals surface area contributed by atoms with Gasteiger partial charge in [-0.15, -0.1) is 0 Å². The van der Waals surface area contributed by atoms with Crippen LogP contribution in [-0.2, 0) is 6.54 Å². The quantitative estimate of drug-likeness (QED) is 0.798. The minimum Gasteiger partial charge on any atom is -0.475 e. The van der Waals surface area contributed by atoms with E-state index in [9.17, 15) is 9.59 Å². The van der Waals surface area contributed by atoms with Crippen molar-refractivity contribution in [2.24, 2.45) is 0 Å². The highest BCUT2D eigenvalue weighted by Gasteiger charge is 2.09. The fraction of sp³-hybridized carbons (Fsp3) is 0.0769. The van der Waals surface area contributed by atoms with Crippen LogP contribution >= 0.6 is 15.9 Å². The van der Waals surface area contributed by atoms with Crippen LogP contribution in [0.5, 0.6) is 0 Å². The van der Waals surface area contributed by atoms with Crippen molar-refractivity contribution in [3.8, 4) is 0 Å². The van der Waals surface area contributed by atoms with Crippen LogP contribution in [0.1, 0.15) is 16.3 Å². The molecule has 0 fully saturated rings. The molecule has 1 aromatic heterocycles. The number of carboxylic acid groups (broad SMARTS) is 1. The molecule has 7 heteroatoms. The van der Waals surface area contributed by atoms with Crippen LogP contribution in [0.2, 0.25) is 0 Å². The summed E-state index contributed by atoms with van der Waals surface area (Å²) in [6, 6.07) is 9.55. The summed E-state index contributed by atoms with van der Waals surface area (Å²) in [6.07, 6.45) is 0. The molecule has 20 heavy (non-hydrogen) atoms. The molecule has 0 radical (unpaired) electrons. The Balaban J connectivity index is 1.85. The van der Waals surface area contributed by atoms with Crippen LogP contribution in [0.25, 0.3) is 0 Å². The monoisotopic (exact) mass is 338 g/mol. The fourth-order valence-electron chi connectivity index (χ4n) is 1.46. The first-order valence-corrected chi connectivity index (χ1v) is 6.46. The first kappa shape index (κ1) is 14.1. The molecule has 0 aliphatic carbocycles. The Bertz CT molecular complexity index is 622. The van der Waals surface area contributed by atoms with Crippen LogP contribution in [-0.4, -0.2) is 17.1 Å². The first-order valence-electron chi connectivity index (χ1n) is 5.67. The van der Waals surface area contributed by atoms with Gasteiger partial charge in [-0.05, 0) is 36.4 Å². The zero-order valence-electron chi connectivity index (χ0n) is 10.2. The molecule has 0 aliphatic rings. The summed E-state index contributed by atoms with van der Waals surface area (Å²) in [6.45, 7) is 0.107. The van der Waals surface area contributed by atoms with Crippen LogP contribution in [0, 0.1) is 0 Å². The lowest BCUT2D eigenvalue weighted by Crippen LogP contribution is -2.27. The summed E-state index contributed by atoms with van der Waals surface area (Å²) in [5.41, 5.74) is 0.649. The molecule has 3 N–H and O–H groups in total. The molecule has 2 amide bonds. The van der Waals surface area contributed by atoms with Crippen molar-refractivity contribution in [3.05, 3.63) is 52.4 Å². The predicted molar refractivity (Wildman–Crippen MR) is 75.7 cm³/mol. The third-order valence-electron chi connectivity index (χ3n) is 2.40. The molecule has 1 aromatic carbocycles. The maximum atomic E-state index is 11.6. The van der Waals surface area contributed by atoms with Crippen molar-refractivity contribution in [1.82, 2.24) is 5.32 Å². The largest absolute Gasteiger partial charge is 0.475 e. The number of hydrogen-bond donors (Lipinski definition) is 3. The molecule has 1 heterocycles. The van der Waals surface area contributed by atoms with E-state index in [0.717, 1.165) is 4.47 Å². The highest BCUT2D eigenvalue weighted by Crippen LogP contribution is 2.14. The van der Waals surface area contributed by atoms with Gasteiger partial charge in [0, 0.05) is 10.2 Å². The summed E-state index contributed by atoms with van der Waals surface area (Å²) in [7, 11) is 0. The van der Waals surface area contributed by atoms with Crippen LogP contribution in [0.4, 0.5) is 10.5 Å². The van der Waals surface area contributed by atoms with Crippen molar-refractivity contribution in [1.29, 1.82) is 0 Å². The second kappa shape index (κ2) is 6.25. The van der Waals surface area contributed by atoms with Gasteiger partial charge in [-0.3, -0.25) is 0 Å². The number of aromatic carboxylic acids is 1. The van der Waals surface area contributed by atoms with Crippen LogP contribution < -0.4 is 10.6 Å². The predicted octanol–water partition coefficient (Wildman–Crippen LogP) is 3.06. The normalized spacial score (nSPS) is 10.1. The van der Waals surface area contributed by atoms with Gasteiger partial charge in [0.05, 0.1) is 6.54 Å². The number of amides is 2. The van der Waals surface area contributed by atoms with Crippen molar-refractivity contribution >= 4 is 33.6 Å². The molecule has 0 saturated carbocycles. The lowest BCUT2D eigenvalue weighted by molar-refractivity contribution is 0.0660. The van der Waals surface area contributed by atoms with Crippen LogP contribution in [0.15, 0.2) is 45.3 Å². The molecule has 0 bridgehead atoms. The van der Waals surface area contributed by atoms with Gasteiger partial charge in [0.15, 0.2) is 0 Å². The third-order valence-corrected chi connectivity index (χ3v) is 2.93. The van der Waals surface area contributed by atoms with Gasteiger partial charge in [0.25, 0.3) is 0 Å². The number of carbonyl (C=O) groups is 2. The van der Waals surface area contributed by atoms with Gasteiger partial charge in [-0.2, -0.15) is 0 Å². The van der Waals surface area contributed by atoms with Crippen molar-refractivity contribution < 1.29 is 19.1 Å². The standard InChI is InChI=1S/C13H11BrN2O4/c14-8-1-3-9(4-2-8)16-13(19)15-7-10-5-6-11(20-10)12(17)18/h1-6H,7H2,(H,17,18)(H2,15,16,19). The molecule has 6 nitrogen and oxygen atoms in total. The third kappa shape index (κ3) is 3.86. The number of benzene rings is 1. The number of halogens is 1. The Labute approximate surface area is 122 Å². The average Bonchev–Trinajstić information content (AvgIpc) is 2.88. The Hall–Kier alpha value is -2.28. The molecule has 0 unspecified atom stereocenters. The van der Waals surface area contributed by atoms with E-state index in [1.807, 2.05) is 0 Å². The second-order valence-corrected chi connectivity index (χ2v) is 4.80. The van der Waals surface area contributed by atoms with E-state index in [2.05, 4.69) is 26.6 Å². The smallest absolute Gasteiger partial charge is 0.371 e. The zero-order valence-corrected chi connectivity index (χ0v) is 11.8. The van der Waals surface area contributed by atoms with E-state index in [4.69, 9.17) is 9.52 Å². The Morgan fingerprint density at radius 1 is 1.15 bits per heavy atom. The van der Waals surface area contributed by atoms with E-state index in [1.165, 1.54) is 12.1 Å². The maximum Gasteiger partial charge on any atom is 0.371 e. The Kier molecular flexibility index (Phi) is 4.41. The van der Waals surface area contributed by atoms with Gasteiger partial charge in [0.2, 0.25) is 5.76 Å². The summed E-state index contributed by atoms with van der Waals surface area (Å²) < 4.78 is 5.93. The number of rotatable bonds is 4. The van der Waals surface area contributed by atoms with E-state index in [1.54, 1.807) is 24.3 Å². The molecule has 0 atom stereocenters.